The Kier molecular flexibility index (Phi) is 5.97. The van der Waals surface area contributed by atoms with Crippen molar-refractivity contribution >= 4 is 16.9 Å². The minimum absolute atomic E-state index is 0.341. The summed E-state index contributed by atoms with van der Waals surface area (Å²) in [5.74, 6) is 1.01. The van der Waals surface area contributed by atoms with Gasteiger partial charge in [0.1, 0.15) is 5.76 Å². The molecule has 1 saturated heterocycles. The van der Waals surface area contributed by atoms with Gasteiger partial charge in [-0.1, -0.05) is 29.4 Å². The van der Waals surface area contributed by atoms with Gasteiger partial charge in [-0.3, -0.25) is 9.78 Å². The first kappa shape index (κ1) is 23.3. The van der Waals surface area contributed by atoms with Gasteiger partial charge >= 0.3 is 0 Å². The van der Waals surface area contributed by atoms with E-state index in [9.17, 15) is 4.79 Å². The van der Waals surface area contributed by atoms with E-state index in [0.29, 0.717) is 5.92 Å². The van der Waals surface area contributed by atoms with Crippen molar-refractivity contribution in [2.75, 3.05) is 13.2 Å². The third kappa shape index (κ3) is 4.25. The highest BCUT2D eigenvalue weighted by molar-refractivity contribution is 5.95. The predicted octanol–water partition coefficient (Wildman–Crippen LogP) is 5.16. The van der Waals surface area contributed by atoms with Crippen molar-refractivity contribution in [1.29, 1.82) is 0 Å². The summed E-state index contributed by atoms with van der Waals surface area (Å²) < 4.78 is 13.3. The molecule has 0 unspecified atom stereocenters. The molecule has 0 aliphatic carbocycles. The molecule has 3 aromatic heterocycles. The Morgan fingerprint density at radius 2 is 1.86 bits per heavy atom. The quantitative estimate of drug-likeness (QED) is 0.418. The van der Waals surface area contributed by atoms with Crippen molar-refractivity contribution in [2.45, 2.75) is 52.5 Å². The smallest absolute Gasteiger partial charge is 0.227 e. The van der Waals surface area contributed by atoms with Crippen LogP contribution in [0.1, 0.15) is 43.7 Å². The summed E-state index contributed by atoms with van der Waals surface area (Å²) in [6.07, 6.45) is 6.23. The van der Waals surface area contributed by atoms with Crippen LogP contribution in [0.2, 0.25) is 0 Å². The molecule has 4 aromatic rings. The van der Waals surface area contributed by atoms with Crippen molar-refractivity contribution in [3.63, 3.8) is 0 Å². The number of nitrogens with zero attached hydrogens (tertiary/aromatic N) is 3. The van der Waals surface area contributed by atoms with Crippen LogP contribution in [-0.2, 0) is 21.5 Å². The number of aryl methyl sites for hydroxylation is 2. The molecule has 1 amide bonds. The number of carbonyl (C=O) groups is 1. The second-order valence-corrected chi connectivity index (χ2v) is 10.1. The highest BCUT2D eigenvalue weighted by Crippen LogP contribution is 2.35. The SMILES string of the molecule is Cc1noc(C)c1-c1cnc2c(-c3ccc(C(C)(C)C(N)=O)cc3)cn(CC3CCOCC3)c2c1. The highest BCUT2D eigenvalue weighted by Gasteiger charge is 2.27. The predicted molar refractivity (Wildman–Crippen MR) is 136 cm³/mol. The Balaban J connectivity index is 1.60. The van der Waals surface area contributed by atoms with E-state index in [1.54, 1.807) is 0 Å². The van der Waals surface area contributed by atoms with Crippen LogP contribution in [-0.4, -0.2) is 33.8 Å². The van der Waals surface area contributed by atoms with Crippen LogP contribution >= 0.6 is 0 Å². The average molecular weight is 473 g/mol. The van der Waals surface area contributed by atoms with Gasteiger partial charge in [-0.2, -0.15) is 0 Å². The molecular weight excluding hydrogens is 440 g/mol. The first-order chi connectivity index (χ1) is 16.8. The van der Waals surface area contributed by atoms with Crippen molar-refractivity contribution < 1.29 is 14.1 Å². The molecule has 1 fully saturated rings. The zero-order valence-electron chi connectivity index (χ0n) is 20.8. The monoisotopic (exact) mass is 472 g/mol. The lowest BCUT2D eigenvalue weighted by Crippen LogP contribution is -2.35. The van der Waals surface area contributed by atoms with E-state index >= 15 is 0 Å². The number of carbonyl (C=O) groups excluding carboxylic acids is 1. The number of rotatable bonds is 6. The number of hydrogen-bond donors (Lipinski definition) is 1. The first-order valence-electron chi connectivity index (χ1n) is 12.2. The second-order valence-electron chi connectivity index (χ2n) is 10.1. The number of ether oxygens (including phenoxy) is 1. The Morgan fingerprint density at radius 3 is 2.49 bits per heavy atom. The molecule has 0 atom stereocenters. The van der Waals surface area contributed by atoms with Crippen LogP contribution in [0.4, 0.5) is 0 Å². The van der Waals surface area contributed by atoms with Crippen molar-refractivity contribution in [3.05, 3.63) is 59.7 Å². The standard InChI is InChI=1S/C28H32N4O3/c1-17-25(18(2)35-31-17)21-13-24-26(30-14-21)23(16-32(24)15-19-9-11-34-12-10-19)20-5-7-22(8-6-20)28(3,4)27(29)33/h5-8,13-14,16,19H,9-12,15H2,1-4H3,(H2,29,33). The fourth-order valence-electron chi connectivity index (χ4n) is 4.98. The van der Waals surface area contributed by atoms with Crippen molar-refractivity contribution in [2.24, 2.45) is 11.7 Å². The molecule has 1 aliphatic heterocycles. The first-order valence-corrected chi connectivity index (χ1v) is 12.2. The summed E-state index contributed by atoms with van der Waals surface area (Å²) in [5, 5.41) is 4.13. The van der Waals surface area contributed by atoms with E-state index in [-0.39, 0.29) is 5.91 Å². The summed E-state index contributed by atoms with van der Waals surface area (Å²) in [5.41, 5.74) is 12.8. The second kappa shape index (κ2) is 8.96. The summed E-state index contributed by atoms with van der Waals surface area (Å²) in [4.78, 5) is 16.8. The molecule has 0 radical (unpaired) electrons. The number of nitrogens with two attached hydrogens (primary N) is 1. The van der Waals surface area contributed by atoms with Crippen LogP contribution in [0, 0.1) is 19.8 Å². The number of benzene rings is 1. The van der Waals surface area contributed by atoms with Gasteiger partial charge in [-0.05, 0) is 63.6 Å². The molecule has 0 bridgehead atoms. The molecule has 7 heteroatoms. The molecule has 0 saturated carbocycles. The van der Waals surface area contributed by atoms with Crippen LogP contribution < -0.4 is 5.73 Å². The number of amides is 1. The molecular formula is C28H32N4O3. The Labute approximate surface area is 205 Å². The minimum atomic E-state index is -0.725. The summed E-state index contributed by atoms with van der Waals surface area (Å²) >= 11 is 0. The van der Waals surface area contributed by atoms with E-state index in [4.69, 9.17) is 20.0 Å². The lowest BCUT2D eigenvalue weighted by atomic mass is 9.83. The van der Waals surface area contributed by atoms with E-state index < -0.39 is 5.41 Å². The van der Waals surface area contributed by atoms with Gasteiger partial charge in [0, 0.05) is 48.8 Å². The van der Waals surface area contributed by atoms with Crippen LogP contribution in [0.5, 0.6) is 0 Å². The molecule has 7 nitrogen and oxygen atoms in total. The molecule has 5 rings (SSSR count). The molecule has 182 valence electrons. The molecule has 1 aliphatic rings. The largest absolute Gasteiger partial charge is 0.381 e. The number of primary amides is 1. The van der Waals surface area contributed by atoms with Crippen LogP contribution in [0.3, 0.4) is 0 Å². The molecule has 35 heavy (non-hydrogen) atoms. The van der Waals surface area contributed by atoms with E-state index in [0.717, 1.165) is 82.9 Å². The Morgan fingerprint density at radius 1 is 1.14 bits per heavy atom. The van der Waals surface area contributed by atoms with E-state index in [1.807, 2.05) is 46.0 Å². The molecule has 2 N–H and O–H groups in total. The summed E-state index contributed by atoms with van der Waals surface area (Å²) in [6.45, 7) is 10.1. The topological polar surface area (TPSA) is 96.2 Å². The van der Waals surface area contributed by atoms with E-state index in [2.05, 4.69) is 34.1 Å². The van der Waals surface area contributed by atoms with Crippen LogP contribution in [0.25, 0.3) is 33.3 Å². The maximum Gasteiger partial charge on any atom is 0.227 e. The van der Waals surface area contributed by atoms with Crippen LogP contribution in [0.15, 0.2) is 47.2 Å². The average Bonchev–Trinajstić information content (AvgIpc) is 3.38. The maximum atomic E-state index is 11.9. The third-order valence-corrected chi connectivity index (χ3v) is 7.37. The number of pyridine rings is 1. The van der Waals surface area contributed by atoms with Gasteiger partial charge in [0.2, 0.25) is 5.91 Å². The highest BCUT2D eigenvalue weighted by atomic mass is 16.5. The third-order valence-electron chi connectivity index (χ3n) is 7.37. The Bertz CT molecular complexity index is 1360. The van der Waals surface area contributed by atoms with Crippen molar-refractivity contribution in [1.82, 2.24) is 14.7 Å². The van der Waals surface area contributed by atoms with Gasteiger partial charge in [0.15, 0.2) is 0 Å². The minimum Gasteiger partial charge on any atom is -0.381 e. The normalized spacial score (nSPS) is 15.1. The number of aromatic nitrogens is 3. The molecule has 4 heterocycles. The fraction of sp³-hybridized carbons (Fsp3) is 0.393. The van der Waals surface area contributed by atoms with E-state index in [1.165, 1.54) is 0 Å². The molecule has 0 spiro atoms. The zero-order valence-corrected chi connectivity index (χ0v) is 20.8. The van der Waals surface area contributed by atoms with Gasteiger partial charge in [-0.15, -0.1) is 0 Å². The fourth-order valence-corrected chi connectivity index (χ4v) is 4.98. The summed E-state index contributed by atoms with van der Waals surface area (Å²) in [6, 6.07) is 10.3. The molecule has 1 aromatic carbocycles. The lowest BCUT2D eigenvalue weighted by Gasteiger charge is -2.22. The maximum absolute atomic E-state index is 11.9. The number of fused-ring (bicyclic) bond motifs is 1. The number of hydrogen-bond acceptors (Lipinski definition) is 5. The van der Waals surface area contributed by atoms with Gasteiger partial charge in [-0.25, -0.2) is 0 Å². The summed E-state index contributed by atoms with van der Waals surface area (Å²) in [7, 11) is 0. The van der Waals surface area contributed by atoms with Gasteiger partial charge < -0.3 is 19.6 Å². The van der Waals surface area contributed by atoms with Gasteiger partial charge in [0.05, 0.1) is 22.1 Å². The Hall–Kier alpha value is -3.45. The van der Waals surface area contributed by atoms with Gasteiger partial charge in [0.25, 0.3) is 0 Å². The van der Waals surface area contributed by atoms with Crippen molar-refractivity contribution in [3.8, 4) is 22.3 Å². The zero-order chi connectivity index (χ0) is 24.7. The lowest BCUT2D eigenvalue weighted by molar-refractivity contribution is -0.122.